The normalized spacial score (nSPS) is 19.2. The molecule has 6 nitrogen and oxygen atoms in total. The first kappa shape index (κ1) is 17.4. The summed E-state index contributed by atoms with van der Waals surface area (Å²) in [6, 6.07) is 7.65. The third-order valence-corrected chi connectivity index (χ3v) is 6.46. The first-order valence-corrected chi connectivity index (χ1v) is 10.1. The van der Waals surface area contributed by atoms with Crippen molar-refractivity contribution in [3.63, 3.8) is 0 Å². The summed E-state index contributed by atoms with van der Waals surface area (Å²) in [5, 5.41) is 3.15. The molecule has 0 unspecified atom stereocenters. The number of rotatable bonds is 6. The Labute approximate surface area is 143 Å². The molecule has 1 aromatic carbocycles. The number of amides is 1. The SMILES string of the molecule is Cc1ccc(C(=O)N(CCS(=O)(=O)N2CCNCC2)C2CC2)cc1. The van der Waals surface area contributed by atoms with Crippen LogP contribution in [0.5, 0.6) is 0 Å². The molecule has 2 fully saturated rings. The lowest BCUT2D eigenvalue weighted by molar-refractivity contribution is 0.0753. The van der Waals surface area contributed by atoms with Crippen molar-refractivity contribution in [3.8, 4) is 0 Å². The second-order valence-corrected chi connectivity index (χ2v) is 8.65. The van der Waals surface area contributed by atoms with Crippen molar-refractivity contribution in [2.45, 2.75) is 25.8 Å². The average molecular weight is 351 g/mol. The van der Waals surface area contributed by atoms with E-state index in [1.807, 2.05) is 31.2 Å². The van der Waals surface area contributed by atoms with Crippen LogP contribution >= 0.6 is 0 Å². The van der Waals surface area contributed by atoms with Crippen molar-refractivity contribution >= 4 is 15.9 Å². The van der Waals surface area contributed by atoms with Crippen LogP contribution < -0.4 is 5.32 Å². The van der Waals surface area contributed by atoms with Gasteiger partial charge in [0.25, 0.3) is 5.91 Å². The Bertz CT molecular complexity index is 678. The van der Waals surface area contributed by atoms with E-state index in [1.54, 1.807) is 4.90 Å². The van der Waals surface area contributed by atoms with Gasteiger partial charge in [-0.25, -0.2) is 8.42 Å². The molecule has 1 saturated heterocycles. The highest BCUT2D eigenvalue weighted by atomic mass is 32.2. The highest BCUT2D eigenvalue weighted by Crippen LogP contribution is 2.28. The summed E-state index contributed by atoms with van der Waals surface area (Å²) in [5.41, 5.74) is 1.73. The lowest BCUT2D eigenvalue weighted by Crippen LogP contribution is -2.48. The summed E-state index contributed by atoms with van der Waals surface area (Å²) in [5.74, 6) is -0.0609. The van der Waals surface area contributed by atoms with Crippen LogP contribution in [0.2, 0.25) is 0 Å². The van der Waals surface area contributed by atoms with Crippen molar-refractivity contribution in [2.75, 3.05) is 38.5 Å². The highest BCUT2D eigenvalue weighted by Gasteiger charge is 2.34. The fourth-order valence-corrected chi connectivity index (χ4v) is 4.39. The summed E-state index contributed by atoms with van der Waals surface area (Å²) < 4.78 is 26.5. The fraction of sp³-hybridized carbons (Fsp3) is 0.588. The van der Waals surface area contributed by atoms with Crippen LogP contribution in [0.15, 0.2) is 24.3 Å². The Hall–Kier alpha value is -1.44. The van der Waals surface area contributed by atoms with Crippen molar-refractivity contribution < 1.29 is 13.2 Å². The zero-order valence-corrected chi connectivity index (χ0v) is 14.9. The molecule has 0 aromatic heterocycles. The van der Waals surface area contributed by atoms with Crippen molar-refractivity contribution in [3.05, 3.63) is 35.4 Å². The van der Waals surface area contributed by atoms with E-state index in [4.69, 9.17) is 0 Å². The van der Waals surface area contributed by atoms with Gasteiger partial charge in [-0.2, -0.15) is 4.31 Å². The van der Waals surface area contributed by atoms with Gasteiger partial charge >= 0.3 is 0 Å². The number of hydrogen-bond acceptors (Lipinski definition) is 4. The lowest BCUT2D eigenvalue weighted by atomic mass is 10.1. The van der Waals surface area contributed by atoms with Crippen LogP contribution in [-0.4, -0.2) is 68.0 Å². The molecule has 132 valence electrons. The smallest absolute Gasteiger partial charge is 0.254 e. The molecule has 3 rings (SSSR count). The zero-order chi connectivity index (χ0) is 17.2. The predicted octanol–water partition coefficient (Wildman–Crippen LogP) is 0.835. The molecule has 0 radical (unpaired) electrons. The molecule has 0 atom stereocenters. The number of sulfonamides is 1. The Morgan fingerprint density at radius 1 is 1.21 bits per heavy atom. The summed E-state index contributed by atoms with van der Waals surface area (Å²) in [7, 11) is -3.31. The largest absolute Gasteiger partial charge is 0.335 e. The quantitative estimate of drug-likeness (QED) is 0.824. The fourth-order valence-electron chi connectivity index (χ4n) is 2.96. The number of aryl methyl sites for hydroxylation is 1. The second kappa shape index (κ2) is 7.21. The number of benzene rings is 1. The van der Waals surface area contributed by atoms with E-state index < -0.39 is 10.0 Å². The van der Waals surface area contributed by atoms with Gasteiger partial charge in [-0.05, 0) is 31.9 Å². The van der Waals surface area contributed by atoms with E-state index in [0.29, 0.717) is 31.7 Å². The molecule has 1 N–H and O–H groups in total. The van der Waals surface area contributed by atoms with Crippen LogP contribution in [0.3, 0.4) is 0 Å². The molecule has 0 spiro atoms. The molecule has 1 aliphatic heterocycles. The minimum Gasteiger partial charge on any atom is -0.335 e. The van der Waals surface area contributed by atoms with Gasteiger partial charge in [0.2, 0.25) is 10.0 Å². The van der Waals surface area contributed by atoms with E-state index in [1.165, 1.54) is 4.31 Å². The molecule has 1 aromatic rings. The number of piperazine rings is 1. The molecule has 1 amide bonds. The van der Waals surface area contributed by atoms with Crippen molar-refractivity contribution in [1.82, 2.24) is 14.5 Å². The van der Waals surface area contributed by atoms with Gasteiger partial charge < -0.3 is 10.2 Å². The predicted molar refractivity (Wildman–Crippen MR) is 93.5 cm³/mol. The first-order valence-electron chi connectivity index (χ1n) is 8.53. The minimum absolute atomic E-state index is 0.00109. The Balaban J connectivity index is 1.66. The number of carbonyl (C=O) groups is 1. The van der Waals surface area contributed by atoms with Crippen LogP contribution in [0.25, 0.3) is 0 Å². The van der Waals surface area contributed by atoms with Gasteiger partial charge in [-0.15, -0.1) is 0 Å². The average Bonchev–Trinajstić information content (AvgIpc) is 3.41. The summed E-state index contributed by atoms with van der Waals surface area (Å²) in [6.07, 6.45) is 1.93. The molecule has 0 bridgehead atoms. The second-order valence-electron chi connectivity index (χ2n) is 6.56. The molecule has 1 heterocycles. The van der Waals surface area contributed by atoms with Gasteiger partial charge in [0.15, 0.2) is 0 Å². The Morgan fingerprint density at radius 2 is 1.83 bits per heavy atom. The van der Waals surface area contributed by atoms with Crippen LogP contribution in [0.1, 0.15) is 28.8 Å². The lowest BCUT2D eigenvalue weighted by Gasteiger charge is -2.28. The van der Waals surface area contributed by atoms with E-state index in [0.717, 1.165) is 18.4 Å². The van der Waals surface area contributed by atoms with Crippen molar-refractivity contribution in [1.29, 1.82) is 0 Å². The van der Waals surface area contributed by atoms with E-state index in [9.17, 15) is 13.2 Å². The van der Waals surface area contributed by atoms with Gasteiger partial charge in [-0.3, -0.25) is 4.79 Å². The molecule has 24 heavy (non-hydrogen) atoms. The van der Waals surface area contributed by atoms with Crippen LogP contribution in [-0.2, 0) is 10.0 Å². The maximum absolute atomic E-state index is 12.7. The first-order chi connectivity index (χ1) is 11.5. The van der Waals surface area contributed by atoms with Gasteiger partial charge in [0, 0.05) is 44.3 Å². The number of carbonyl (C=O) groups excluding carboxylic acids is 1. The summed E-state index contributed by atoms with van der Waals surface area (Å²) in [6.45, 7) is 4.65. The van der Waals surface area contributed by atoms with Gasteiger partial charge in [-0.1, -0.05) is 17.7 Å². The van der Waals surface area contributed by atoms with E-state index in [2.05, 4.69) is 5.32 Å². The Morgan fingerprint density at radius 3 is 2.42 bits per heavy atom. The topological polar surface area (TPSA) is 69.7 Å². The summed E-state index contributed by atoms with van der Waals surface area (Å²) >= 11 is 0. The number of nitrogens with zero attached hydrogens (tertiary/aromatic N) is 2. The van der Waals surface area contributed by atoms with Crippen molar-refractivity contribution in [2.24, 2.45) is 0 Å². The van der Waals surface area contributed by atoms with Gasteiger partial charge in [0.1, 0.15) is 0 Å². The third-order valence-electron chi connectivity index (χ3n) is 4.61. The molecule has 7 heteroatoms. The molecular weight excluding hydrogens is 326 g/mol. The van der Waals surface area contributed by atoms with Gasteiger partial charge in [0.05, 0.1) is 5.75 Å². The number of nitrogens with one attached hydrogen (secondary N) is 1. The monoisotopic (exact) mass is 351 g/mol. The minimum atomic E-state index is -3.31. The zero-order valence-electron chi connectivity index (χ0n) is 14.1. The third kappa shape index (κ3) is 4.15. The van der Waals surface area contributed by atoms with E-state index >= 15 is 0 Å². The highest BCUT2D eigenvalue weighted by molar-refractivity contribution is 7.89. The standard InChI is InChI=1S/C17H25N3O3S/c1-14-2-4-15(5-3-14)17(21)20(16-6-7-16)12-13-24(22,23)19-10-8-18-9-11-19/h2-5,16,18H,6-13H2,1H3. The molecule has 2 aliphatic rings. The maximum Gasteiger partial charge on any atom is 0.254 e. The van der Waals surface area contributed by atoms with E-state index in [-0.39, 0.29) is 24.2 Å². The van der Waals surface area contributed by atoms with Crippen LogP contribution in [0, 0.1) is 6.92 Å². The van der Waals surface area contributed by atoms with Crippen LogP contribution in [0.4, 0.5) is 0 Å². The molecule has 1 saturated carbocycles. The number of hydrogen-bond donors (Lipinski definition) is 1. The molecular formula is C17H25N3O3S. The maximum atomic E-state index is 12.7. The summed E-state index contributed by atoms with van der Waals surface area (Å²) in [4.78, 5) is 14.5. The molecule has 1 aliphatic carbocycles. The Kier molecular flexibility index (Phi) is 5.22.